The lowest BCUT2D eigenvalue weighted by Gasteiger charge is -2.25. The molecule has 1 aromatic rings. The zero-order valence-corrected chi connectivity index (χ0v) is 11.5. The van der Waals surface area contributed by atoms with Crippen LogP contribution in [0.15, 0.2) is 24.3 Å². The lowest BCUT2D eigenvalue weighted by Crippen LogP contribution is -2.44. The van der Waals surface area contributed by atoms with Gasteiger partial charge in [-0.05, 0) is 45.0 Å². The molecule has 102 valence electrons. The van der Waals surface area contributed by atoms with Crippen molar-refractivity contribution in [2.45, 2.75) is 32.4 Å². The molecule has 0 aliphatic heterocycles. The van der Waals surface area contributed by atoms with Crippen LogP contribution in [0.1, 0.15) is 20.8 Å². The van der Waals surface area contributed by atoms with Crippen LogP contribution < -0.4 is 10.1 Å². The fraction of sp³-hybridized carbons (Fsp3) is 0.571. The molecule has 0 saturated heterocycles. The van der Waals surface area contributed by atoms with Crippen molar-refractivity contribution in [1.29, 1.82) is 0 Å². The molecule has 18 heavy (non-hydrogen) atoms. The maximum Gasteiger partial charge on any atom is 0.134 e. The summed E-state index contributed by atoms with van der Waals surface area (Å²) in [5.41, 5.74) is 0.0259. The Labute approximate surface area is 108 Å². The zero-order chi connectivity index (χ0) is 13.6. The van der Waals surface area contributed by atoms with Gasteiger partial charge in [0.05, 0.1) is 6.61 Å². The second kappa shape index (κ2) is 6.71. The molecule has 0 fully saturated rings. The number of nitrogens with one attached hydrogen (secondary N) is 1. The third-order valence-corrected chi connectivity index (χ3v) is 2.33. The van der Waals surface area contributed by atoms with Crippen molar-refractivity contribution in [3.05, 3.63) is 30.1 Å². The highest BCUT2D eigenvalue weighted by atomic mass is 19.1. The Morgan fingerprint density at radius 1 is 1.22 bits per heavy atom. The van der Waals surface area contributed by atoms with Gasteiger partial charge < -0.3 is 14.8 Å². The van der Waals surface area contributed by atoms with Crippen LogP contribution >= 0.6 is 0 Å². The second-order valence-corrected chi connectivity index (χ2v) is 5.28. The molecule has 0 aliphatic carbocycles. The van der Waals surface area contributed by atoms with Gasteiger partial charge in [0.15, 0.2) is 0 Å². The maximum atomic E-state index is 12.8. The van der Waals surface area contributed by atoms with E-state index in [1.807, 2.05) is 0 Å². The third-order valence-electron chi connectivity index (χ3n) is 2.33. The molecule has 0 bridgehead atoms. The first-order valence-electron chi connectivity index (χ1n) is 6.07. The van der Waals surface area contributed by atoms with Crippen molar-refractivity contribution in [3.63, 3.8) is 0 Å². The summed E-state index contributed by atoms with van der Waals surface area (Å²) in [5.74, 6) is 0.382. The van der Waals surface area contributed by atoms with Crippen LogP contribution in [0.25, 0.3) is 0 Å². The number of hydrogen-bond acceptors (Lipinski definition) is 3. The van der Waals surface area contributed by atoms with Crippen LogP contribution in [0.4, 0.5) is 4.39 Å². The molecule has 0 radical (unpaired) electrons. The summed E-state index contributed by atoms with van der Waals surface area (Å²) in [5, 5.41) is 3.36. The van der Waals surface area contributed by atoms with Gasteiger partial charge in [0.2, 0.25) is 0 Å². The molecule has 1 N–H and O–H groups in total. The molecule has 0 spiro atoms. The van der Waals surface area contributed by atoms with E-state index in [1.54, 1.807) is 19.2 Å². The summed E-state index contributed by atoms with van der Waals surface area (Å²) in [6, 6.07) is 6.01. The smallest absolute Gasteiger partial charge is 0.134 e. The van der Waals surface area contributed by atoms with E-state index in [9.17, 15) is 4.39 Å². The van der Waals surface area contributed by atoms with Crippen molar-refractivity contribution in [1.82, 2.24) is 5.32 Å². The minimum absolute atomic E-state index is 0.0259. The lowest BCUT2D eigenvalue weighted by atomic mass is 10.1. The van der Waals surface area contributed by atoms with Crippen LogP contribution in [-0.4, -0.2) is 31.9 Å². The van der Waals surface area contributed by atoms with Crippen molar-refractivity contribution < 1.29 is 13.9 Å². The van der Waals surface area contributed by atoms with Crippen LogP contribution in [0.2, 0.25) is 0 Å². The van der Waals surface area contributed by atoms with E-state index in [4.69, 9.17) is 9.47 Å². The minimum atomic E-state index is -0.265. The molecule has 0 saturated carbocycles. The second-order valence-electron chi connectivity index (χ2n) is 5.28. The Morgan fingerprint density at radius 3 is 2.33 bits per heavy atom. The van der Waals surface area contributed by atoms with E-state index in [-0.39, 0.29) is 17.5 Å². The Hall–Kier alpha value is -1.13. The Bertz CT molecular complexity index is 346. The topological polar surface area (TPSA) is 30.5 Å². The van der Waals surface area contributed by atoms with E-state index in [1.165, 1.54) is 12.1 Å². The first kappa shape index (κ1) is 14.9. The van der Waals surface area contributed by atoms with E-state index in [2.05, 4.69) is 26.1 Å². The standard InChI is InChI=1S/C14H22FNO2/c1-14(2,3)16-9-13(10-17-4)18-12-7-5-11(15)6-8-12/h5-8,13,16H,9-10H2,1-4H3. The minimum Gasteiger partial charge on any atom is -0.487 e. The molecule has 0 heterocycles. The molecular formula is C14H22FNO2. The number of halogens is 1. The maximum absolute atomic E-state index is 12.8. The summed E-state index contributed by atoms with van der Waals surface area (Å²) in [4.78, 5) is 0. The third kappa shape index (κ3) is 5.98. The van der Waals surface area contributed by atoms with Gasteiger partial charge in [-0.25, -0.2) is 4.39 Å². The van der Waals surface area contributed by atoms with Gasteiger partial charge in [-0.2, -0.15) is 0 Å². The summed E-state index contributed by atoms with van der Waals surface area (Å²) in [6.45, 7) is 7.44. The highest BCUT2D eigenvalue weighted by Crippen LogP contribution is 2.13. The molecule has 3 nitrogen and oxygen atoms in total. The Kier molecular flexibility index (Phi) is 5.56. The van der Waals surface area contributed by atoms with Crippen LogP contribution in [-0.2, 0) is 4.74 Å². The molecule has 1 unspecified atom stereocenters. The van der Waals surface area contributed by atoms with Gasteiger partial charge in [-0.1, -0.05) is 0 Å². The SMILES string of the molecule is COCC(CNC(C)(C)C)Oc1ccc(F)cc1. The van der Waals surface area contributed by atoms with E-state index in [0.717, 1.165) is 0 Å². The average Bonchev–Trinajstić information content (AvgIpc) is 2.28. The van der Waals surface area contributed by atoms with Gasteiger partial charge in [0.25, 0.3) is 0 Å². The predicted molar refractivity (Wildman–Crippen MR) is 70.4 cm³/mol. The van der Waals surface area contributed by atoms with Gasteiger partial charge in [-0.15, -0.1) is 0 Å². The molecule has 0 aliphatic rings. The Morgan fingerprint density at radius 2 is 1.83 bits per heavy atom. The van der Waals surface area contributed by atoms with Crippen molar-refractivity contribution in [3.8, 4) is 5.75 Å². The zero-order valence-electron chi connectivity index (χ0n) is 11.5. The van der Waals surface area contributed by atoms with Crippen molar-refractivity contribution in [2.24, 2.45) is 0 Å². The van der Waals surface area contributed by atoms with Gasteiger partial charge >= 0.3 is 0 Å². The first-order chi connectivity index (χ1) is 8.40. The number of hydrogen-bond donors (Lipinski definition) is 1. The number of ether oxygens (including phenoxy) is 2. The van der Waals surface area contributed by atoms with Gasteiger partial charge in [0, 0.05) is 19.2 Å². The van der Waals surface area contributed by atoms with Crippen molar-refractivity contribution in [2.75, 3.05) is 20.3 Å². The molecule has 1 atom stereocenters. The van der Waals surface area contributed by atoms with Gasteiger partial charge in [-0.3, -0.25) is 0 Å². The fourth-order valence-electron chi connectivity index (χ4n) is 1.45. The number of benzene rings is 1. The number of rotatable bonds is 6. The van der Waals surface area contributed by atoms with Gasteiger partial charge in [0.1, 0.15) is 17.7 Å². The first-order valence-corrected chi connectivity index (χ1v) is 6.07. The average molecular weight is 255 g/mol. The monoisotopic (exact) mass is 255 g/mol. The van der Waals surface area contributed by atoms with E-state index >= 15 is 0 Å². The largest absolute Gasteiger partial charge is 0.487 e. The molecule has 1 rings (SSSR count). The number of methoxy groups -OCH3 is 1. The molecule has 1 aromatic carbocycles. The van der Waals surface area contributed by atoms with Crippen LogP contribution in [0.3, 0.4) is 0 Å². The molecule has 4 heteroatoms. The molecule has 0 amide bonds. The quantitative estimate of drug-likeness (QED) is 0.847. The summed E-state index contributed by atoms with van der Waals surface area (Å²) in [7, 11) is 1.64. The van der Waals surface area contributed by atoms with Crippen LogP contribution in [0.5, 0.6) is 5.75 Å². The van der Waals surface area contributed by atoms with E-state index < -0.39 is 0 Å². The summed E-state index contributed by atoms with van der Waals surface area (Å²) < 4.78 is 23.7. The highest BCUT2D eigenvalue weighted by molar-refractivity contribution is 5.22. The fourth-order valence-corrected chi connectivity index (χ4v) is 1.45. The summed E-state index contributed by atoms with van der Waals surface area (Å²) >= 11 is 0. The lowest BCUT2D eigenvalue weighted by molar-refractivity contribution is 0.0764. The molecular weight excluding hydrogens is 233 g/mol. The highest BCUT2D eigenvalue weighted by Gasteiger charge is 2.15. The predicted octanol–water partition coefficient (Wildman–Crippen LogP) is 2.61. The van der Waals surface area contributed by atoms with Crippen LogP contribution in [0, 0.1) is 5.82 Å². The van der Waals surface area contributed by atoms with E-state index in [0.29, 0.717) is 18.9 Å². The van der Waals surface area contributed by atoms with Crippen molar-refractivity contribution >= 4 is 0 Å². The normalized spacial score (nSPS) is 13.4. The Balaban J connectivity index is 2.54. The summed E-state index contributed by atoms with van der Waals surface area (Å²) in [6.07, 6.45) is -0.0975. The molecule has 0 aromatic heterocycles.